The van der Waals surface area contributed by atoms with E-state index in [4.69, 9.17) is 0 Å². The van der Waals surface area contributed by atoms with Crippen molar-refractivity contribution in [3.05, 3.63) is 191 Å². The van der Waals surface area contributed by atoms with Gasteiger partial charge in [0.1, 0.15) is 17.2 Å². The van der Waals surface area contributed by atoms with Crippen LogP contribution in [0.25, 0.3) is 0 Å². The molecule has 0 spiro atoms. The zero-order valence-electron chi connectivity index (χ0n) is 44.0. The van der Waals surface area contributed by atoms with Crippen molar-refractivity contribution < 1.29 is 29.7 Å². The summed E-state index contributed by atoms with van der Waals surface area (Å²) in [7, 11) is 0. The first-order valence-corrected chi connectivity index (χ1v) is 27.2. The molecule has 0 aliphatic rings. The molecule has 6 aromatic carbocycles. The standard InChI is InChI=1S/3C20H23BrN2O2/c3*1-13(2)10-15-4-6-16(7-5-15)14(3)20(25)23-22-12-17-11-18(21)8-9-19(17)24/h3*4-9,11-14,24H,10H2,1-3H3,(H,23,25)/b3*22-12+/t3*14-/m000/s1. The van der Waals surface area contributed by atoms with Crippen LogP contribution in [0.1, 0.15) is 130 Å². The van der Waals surface area contributed by atoms with Crippen molar-refractivity contribution in [2.45, 2.75) is 99.3 Å². The second-order valence-corrected chi connectivity index (χ2v) is 22.2. The molecule has 75 heavy (non-hydrogen) atoms. The minimum Gasteiger partial charge on any atom is -0.507 e. The summed E-state index contributed by atoms with van der Waals surface area (Å²) in [5, 5.41) is 41.1. The molecule has 6 aromatic rings. The molecule has 3 amide bonds. The summed E-state index contributed by atoms with van der Waals surface area (Å²) >= 11 is 9.99. The van der Waals surface area contributed by atoms with Gasteiger partial charge in [-0.3, -0.25) is 14.4 Å². The molecule has 0 aliphatic heterocycles. The highest BCUT2D eigenvalue weighted by molar-refractivity contribution is 9.11. The maximum absolute atomic E-state index is 12.3. The number of phenols is 3. The minimum atomic E-state index is -0.304. The smallest absolute Gasteiger partial charge is 0.247 e. The van der Waals surface area contributed by atoms with Crippen LogP contribution in [0.2, 0.25) is 0 Å². The Balaban J connectivity index is 0.000000243. The summed E-state index contributed by atoms with van der Waals surface area (Å²) in [6, 6.07) is 39.4. The lowest BCUT2D eigenvalue weighted by atomic mass is 9.96. The summed E-state index contributed by atoms with van der Waals surface area (Å²) < 4.78 is 2.48. The number of phenolic OH excluding ortho intramolecular Hbond substituents is 3. The Morgan fingerprint density at radius 1 is 0.400 bits per heavy atom. The number of aromatic hydroxyl groups is 3. The lowest BCUT2D eigenvalue weighted by Gasteiger charge is -2.11. The first-order valence-electron chi connectivity index (χ1n) is 24.8. The Morgan fingerprint density at radius 2 is 0.627 bits per heavy atom. The molecule has 15 heteroatoms. The average Bonchev–Trinajstić information content (AvgIpc) is 3.37. The molecular weight excluding hydrogens is 1140 g/mol. The van der Waals surface area contributed by atoms with E-state index in [0.717, 1.165) is 49.4 Å². The van der Waals surface area contributed by atoms with Crippen LogP contribution in [0.3, 0.4) is 0 Å². The van der Waals surface area contributed by atoms with Crippen molar-refractivity contribution >= 4 is 84.2 Å². The lowest BCUT2D eigenvalue weighted by molar-refractivity contribution is -0.122. The van der Waals surface area contributed by atoms with Gasteiger partial charge in [0.25, 0.3) is 0 Å². The average molecular weight is 1210 g/mol. The third-order valence-corrected chi connectivity index (χ3v) is 13.1. The van der Waals surface area contributed by atoms with Gasteiger partial charge in [-0.25, -0.2) is 16.3 Å². The lowest BCUT2D eigenvalue weighted by Crippen LogP contribution is -2.23. The first kappa shape index (κ1) is 61.1. The number of amides is 3. The number of hydrogen-bond donors (Lipinski definition) is 6. The van der Waals surface area contributed by atoms with Crippen LogP contribution in [0.5, 0.6) is 17.2 Å². The van der Waals surface area contributed by atoms with Crippen molar-refractivity contribution in [3.63, 3.8) is 0 Å². The van der Waals surface area contributed by atoms with E-state index in [-0.39, 0.29) is 52.7 Å². The fraction of sp³-hybridized carbons (Fsp3) is 0.300. The molecule has 12 nitrogen and oxygen atoms in total. The van der Waals surface area contributed by atoms with Gasteiger partial charge in [-0.05, 0) is 146 Å². The molecule has 0 saturated heterocycles. The van der Waals surface area contributed by atoms with Crippen molar-refractivity contribution in [1.29, 1.82) is 0 Å². The van der Waals surface area contributed by atoms with Gasteiger partial charge in [-0.1, -0.05) is 162 Å². The summed E-state index contributed by atoms with van der Waals surface area (Å²) in [5.41, 5.74) is 15.8. The van der Waals surface area contributed by atoms with Gasteiger partial charge in [-0.2, -0.15) is 15.3 Å². The molecule has 0 radical (unpaired) electrons. The molecule has 0 heterocycles. The van der Waals surface area contributed by atoms with E-state index in [1.165, 1.54) is 35.3 Å². The highest BCUT2D eigenvalue weighted by Gasteiger charge is 2.17. The zero-order chi connectivity index (χ0) is 55.2. The fourth-order valence-corrected chi connectivity index (χ4v) is 8.51. The van der Waals surface area contributed by atoms with Crippen LogP contribution in [0.4, 0.5) is 0 Å². The van der Waals surface area contributed by atoms with Crippen molar-refractivity contribution in [2.24, 2.45) is 33.1 Å². The molecule has 6 rings (SSSR count). The van der Waals surface area contributed by atoms with Crippen LogP contribution < -0.4 is 16.3 Å². The van der Waals surface area contributed by atoms with E-state index >= 15 is 0 Å². The zero-order valence-corrected chi connectivity index (χ0v) is 48.7. The molecule has 396 valence electrons. The van der Waals surface area contributed by atoms with E-state index in [2.05, 4.69) is 157 Å². The van der Waals surface area contributed by atoms with Crippen LogP contribution >= 0.6 is 47.8 Å². The van der Waals surface area contributed by atoms with Crippen molar-refractivity contribution in [3.8, 4) is 17.2 Å². The number of nitrogens with zero attached hydrogens (tertiary/aromatic N) is 3. The van der Waals surface area contributed by atoms with E-state index in [1.54, 1.807) is 54.6 Å². The summed E-state index contributed by atoms with van der Waals surface area (Å²) in [6.07, 6.45) is 7.37. The normalized spacial score (nSPS) is 12.5. The molecule has 3 atom stereocenters. The Kier molecular flexibility index (Phi) is 25.1. The van der Waals surface area contributed by atoms with Gasteiger partial charge in [-0.15, -0.1) is 0 Å². The Labute approximate surface area is 467 Å². The number of rotatable bonds is 18. The second-order valence-electron chi connectivity index (χ2n) is 19.5. The maximum atomic E-state index is 12.3. The number of benzene rings is 6. The maximum Gasteiger partial charge on any atom is 0.247 e. The highest BCUT2D eigenvalue weighted by atomic mass is 79.9. The summed E-state index contributed by atoms with van der Waals surface area (Å²) in [4.78, 5) is 36.8. The molecule has 6 N–H and O–H groups in total. The number of hydrazone groups is 3. The Bertz CT molecular complexity index is 2580. The SMILES string of the molecule is CC(C)Cc1ccc([C@H](C)C(=O)N/N=C/c2cc(Br)ccc2O)cc1.CC(C)Cc1ccc([C@H](C)C(=O)N/N=C/c2cc(Br)ccc2O)cc1.CC(C)Cc1ccc([C@H](C)C(=O)N/N=C/c2cc(Br)ccc2O)cc1. The van der Waals surface area contributed by atoms with Gasteiger partial charge in [0, 0.05) is 30.1 Å². The molecular formula is C60H69Br3N6O6. The van der Waals surface area contributed by atoms with E-state index in [1.807, 2.05) is 57.2 Å². The van der Waals surface area contributed by atoms with E-state index < -0.39 is 0 Å². The number of carbonyl (C=O) groups excluding carboxylic acids is 3. The molecule has 0 aliphatic carbocycles. The third kappa shape index (κ3) is 21.4. The molecule has 0 unspecified atom stereocenters. The summed E-state index contributed by atoms with van der Waals surface area (Å²) in [6.45, 7) is 18.7. The fourth-order valence-electron chi connectivity index (χ4n) is 7.37. The third-order valence-electron chi connectivity index (χ3n) is 11.7. The predicted molar refractivity (Wildman–Crippen MR) is 315 cm³/mol. The van der Waals surface area contributed by atoms with Crippen molar-refractivity contribution in [1.82, 2.24) is 16.3 Å². The number of halogens is 3. The molecule has 0 aromatic heterocycles. The van der Waals surface area contributed by atoms with E-state index in [0.29, 0.717) is 34.4 Å². The quantitative estimate of drug-likeness (QED) is 0.0367. The number of carbonyl (C=O) groups is 3. The van der Waals surface area contributed by atoms with Crippen LogP contribution in [0, 0.1) is 17.8 Å². The van der Waals surface area contributed by atoms with Gasteiger partial charge < -0.3 is 15.3 Å². The molecule has 0 bridgehead atoms. The monoisotopic (exact) mass is 1210 g/mol. The van der Waals surface area contributed by atoms with Gasteiger partial charge in [0.05, 0.1) is 36.4 Å². The Hall–Kier alpha value is -6.42. The Morgan fingerprint density at radius 3 is 0.840 bits per heavy atom. The topological polar surface area (TPSA) is 185 Å². The van der Waals surface area contributed by atoms with Crippen LogP contribution in [-0.2, 0) is 33.6 Å². The second kappa shape index (κ2) is 30.8. The first-order chi connectivity index (χ1) is 35.6. The predicted octanol–water partition coefficient (Wildman–Crippen LogP) is 13.8. The number of nitrogens with one attached hydrogen (secondary N) is 3. The summed E-state index contributed by atoms with van der Waals surface area (Å²) in [5.74, 6) is 0.650. The largest absolute Gasteiger partial charge is 0.507 e. The van der Waals surface area contributed by atoms with Gasteiger partial charge in [0.2, 0.25) is 17.7 Å². The van der Waals surface area contributed by atoms with Crippen molar-refractivity contribution in [2.75, 3.05) is 0 Å². The van der Waals surface area contributed by atoms with Crippen LogP contribution in [0.15, 0.2) is 156 Å². The van der Waals surface area contributed by atoms with Gasteiger partial charge >= 0.3 is 0 Å². The van der Waals surface area contributed by atoms with Gasteiger partial charge in [0.15, 0.2) is 0 Å². The minimum absolute atomic E-state index is 0.106. The van der Waals surface area contributed by atoms with Crippen LogP contribution in [-0.4, -0.2) is 51.7 Å². The molecule has 0 saturated carbocycles. The molecule has 0 fully saturated rings. The van der Waals surface area contributed by atoms with E-state index in [9.17, 15) is 29.7 Å². The number of hydrogen-bond acceptors (Lipinski definition) is 9. The highest BCUT2D eigenvalue weighted by Crippen LogP contribution is 2.24.